The normalized spacial score (nSPS) is 13.7. The van der Waals surface area contributed by atoms with Crippen LogP contribution in [0.15, 0.2) is 194 Å². The van der Waals surface area contributed by atoms with Crippen LogP contribution >= 0.6 is 0 Å². The zero-order chi connectivity index (χ0) is 34.9. The summed E-state index contributed by atoms with van der Waals surface area (Å²) in [4.78, 5) is 4.66. The van der Waals surface area contributed by atoms with Gasteiger partial charge in [-0.05, 0) is 83.4 Å². The van der Waals surface area contributed by atoms with Crippen LogP contribution in [-0.2, 0) is 5.41 Å². The summed E-state index contributed by atoms with van der Waals surface area (Å²) in [6, 6.07) is 68.7. The van der Waals surface area contributed by atoms with Crippen molar-refractivity contribution in [2.75, 3.05) is 9.80 Å². The van der Waals surface area contributed by atoms with Crippen molar-refractivity contribution in [1.29, 1.82) is 0 Å². The molecule has 0 fully saturated rings. The summed E-state index contributed by atoms with van der Waals surface area (Å²) >= 11 is 0. The molecule has 3 aliphatic rings. The van der Waals surface area contributed by atoms with Crippen LogP contribution in [0.2, 0.25) is 0 Å². The molecule has 1 aliphatic carbocycles. The predicted molar refractivity (Wildman–Crippen MR) is 213 cm³/mol. The molecule has 0 amide bonds. The Labute approximate surface area is 308 Å². The van der Waals surface area contributed by atoms with Crippen LogP contribution in [0.4, 0.5) is 34.1 Å². The largest absolute Gasteiger partial charge is 0.457 e. The van der Waals surface area contributed by atoms with E-state index in [1.54, 1.807) is 0 Å². The van der Waals surface area contributed by atoms with Crippen molar-refractivity contribution in [2.45, 2.75) is 5.41 Å². The SMILES string of the molecule is c1ccc(N(c2ccc3c(c2)Oc2ccccc2N3c2ccccc2)c2cccc3c2-c2ccccc2C32c3ccccc3Oc3ccccc32)cc1. The minimum absolute atomic E-state index is 0.561. The Balaban J connectivity index is 1.16. The van der Waals surface area contributed by atoms with E-state index >= 15 is 0 Å². The highest BCUT2D eigenvalue weighted by molar-refractivity contribution is 5.99. The van der Waals surface area contributed by atoms with E-state index < -0.39 is 5.41 Å². The van der Waals surface area contributed by atoms with Gasteiger partial charge >= 0.3 is 0 Å². The number of hydrogen-bond donors (Lipinski definition) is 0. The van der Waals surface area contributed by atoms with Crippen LogP contribution in [-0.4, -0.2) is 0 Å². The predicted octanol–water partition coefficient (Wildman–Crippen LogP) is 13.2. The summed E-state index contributed by atoms with van der Waals surface area (Å²) in [6.07, 6.45) is 0. The first-order valence-corrected chi connectivity index (χ1v) is 18.0. The van der Waals surface area contributed by atoms with E-state index in [0.717, 1.165) is 68.2 Å². The summed E-state index contributed by atoms with van der Waals surface area (Å²) in [5.74, 6) is 3.38. The molecule has 0 saturated carbocycles. The van der Waals surface area contributed by atoms with E-state index in [1.807, 2.05) is 12.1 Å². The van der Waals surface area contributed by atoms with Gasteiger partial charge in [0.05, 0.1) is 28.2 Å². The third-order valence-corrected chi connectivity index (χ3v) is 10.9. The van der Waals surface area contributed by atoms with Gasteiger partial charge in [-0.2, -0.15) is 0 Å². The lowest BCUT2D eigenvalue weighted by Gasteiger charge is -2.39. The lowest BCUT2D eigenvalue weighted by atomic mass is 9.66. The van der Waals surface area contributed by atoms with Crippen LogP contribution in [0.5, 0.6) is 23.0 Å². The average Bonchev–Trinajstić information content (AvgIpc) is 3.52. The van der Waals surface area contributed by atoms with Gasteiger partial charge in [0, 0.05) is 34.1 Å². The summed E-state index contributed by atoms with van der Waals surface area (Å²) < 4.78 is 13.3. The minimum Gasteiger partial charge on any atom is -0.457 e. The van der Waals surface area contributed by atoms with Crippen molar-refractivity contribution in [3.63, 3.8) is 0 Å². The molecular weight excluding hydrogens is 649 g/mol. The van der Waals surface area contributed by atoms with Gasteiger partial charge in [0.2, 0.25) is 0 Å². The fourth-order valence-corrected chi connectivity index (χ4v) is 8.81. The topological polar surface area (TPSA) is 24.9 Å². The highest BCUT2D eigenvalue weighted by Crippen LogP contribution is 2.64. The Kier molecular flexibility index (Phi) is 6.43. The zero-order valence-electron chi connectivity index (χ0n) is 28.7. The summed E-state index contributed by atoms with van der Waals surface area (Å²) in [5.41, 5.74) is 12.9. The molecule has 0 unspecified atom stereocenters. The second kappa shape index (κ2) is 11.5. The van der Waals surface area contributed by atoms with Crippen molar-refractivity contribution in [2.24, 2.45) is 0 Å². The quantitative estimate of drug-likeness (QED) is 0.185. The van der Waals surface area contributed by atoms with Crippen LogP contribution in [0.1, 0.15) is 22.3 Å². The van der Waals surface area contributed by atoms with Crippen molar-refractivity contribution >= 4 is 34.1 Å². The van der Waals surface area contributed by atoms with E-state index in [9.17, 15) is 0 Å². The monoisotopic (exact) mass is 680 g/mol. The summed E-state index contributed by atoms with van der Waals surface area (Å²) in [5, 5.41) is 0. The lowest BCUT2D eigenvalue weighted by molar-refractivity contribution is 0.436. The highest BCUT2D eigenvalue weighted by atomic mass is 16.5. The smallest absolute Gasteiger partial charge is 0.153 e. The number of rotatable bonds is 4. The molecule has 0 atom stereocenters. The molecule has 1 spiro atoms. The molecule has 4 heteroatoms. The van der Waals surface area contributed by atoms with E-state index in [1.165, 1.54) is 22.3 Å². The molecule has 0 aromatic heterocycles. The molecule has 0 bridgehead atoms. The van der Waals surface area contributed by atoms with Crippen molar-refractivity contribution in [1.82, 2.24) is 0 Å². The number of ether oxygens (including phenoxy) is 2. The molecule has 2 heterocycles. The van der Waals surface area contributed by atoms with Gasteiger partial charge in [-0.25, -0.2) is 0 Å². The first-order valence-electron chi connectivity index (χ1n) is 18.0. The number of para-hydroxylation sites is 6. The molecular formula is C49H32N2O2. The maximum absolute atomic E-state index is 6.73. The molecule has 11 rings (SSSR count). The summed E-state index contributed by atoms with van der Waals surface area (Å²) in [6.45, 7) is 0. The van der Waals surface area contributed by atoms with E-state index in [4.69, 9.17) is 9.47 Å². The number of anilines is 6. The molecule has 250 valence electrons. The van der Waals surface area contributed by atoms with E-state index in [2.05, 4.69) is 192 Å². The minimum atomic E-state index is -0.561. The van der Waals surface area contributed by atoms with Crippen LogP contribution in [0, 0.1) is 0 Å². The van der Waals surface area contributed by atoms with Crippen molar-refractivity contribution < 1.29 is 9.47 Å². The Bertz CT molecular complexity index is 2660. The Morgan fingerprint density at radius 3 is 1.72 bits per heavy atom. The number of hydrogen-bond acceptors (Lipinski definition) is 4. The van der Waals surface area contributed by atoms with Gasteiger partial charge in [0.1, 0.15) is 11.5 Å². The highest BCUT2D eigenvalue weighted by Gasteiger charge is 2.51. The first kappa shape index (κ1) is 29.7. The number of benzene rings is 8. The van der Waals surface area contributed by atoms with E-state index in [0.29, 0.717) is 0 Å². The molecule has 8 aromatic rings. The van der Waals surface area contributed by atoms with Gasteiger partial charge < -0.3 is 19.3 Å². The molecule has 0 saturated heterocycles. The van der Waals surface area contributed by atoms with Gasteiger partial charge in [0.25, 0.3) is 0 Å². The van der Waals surface area contributed by atoms with Gasteiger partial charge in [0.15, 0.2) is 11.5 Å². The number of nitrogens with zero attached hydrogens (tertiary/aromatic N) is 2. The maximum atomic E-state index is 6.73. The number of fused-ring (bicyclic) bond motifs is 11. The Hall–Kier alpha value is -7.04. The van der Waals surface area contributed by atoms with Gasteiger partial charge in [-0.15, -0.1) is 0 Å². The molecule has 4 nitrogen and oxygen atoms in total. The summed E-state index contributed by atoms with van der Waals surface area (Å²) in [7, 11) is 0. The molecule has 2 aliphatic heterocycles. The van der Waals surface area contributed by atoms with Crippen molar-refractivity contribution in [3.05, 3.63) is 216 Å². The van der Waals surface area contributed by atoms with Crippen LogP contribution in [0.25, 0.3) is 11.1 Å². The fourth-order valence-electron chi connectivity index (χ4n) is 8.81. The van der Waals surface area contributed by atoms with Crippen molar-refractivity contribution in [3.8, 4) is 34.1 Å². The molecule has 8 aromatic carbocycles. The Morgan fingerprint density at radius 2 is 0.962 bits per heavy atom. The zero-order valence-corrected chi connectivity index (χ0v) is 28.7. The van der Waals surface area contributed by atoms with Gasteiger partial charge in [-0.1, -0.05) is 121 Å². The van der Waals surface area contributed by atoms with Crippen LogP contribution in [0.3, 0.4) is 0 Å². The third-order valence-electron chi connectivity index (χ3n) is 10.9. The average molecular weight is 681 g/mol. The second-order valence-electron chi connectivity index (χ2n) is 13.7. The third kappa shape index (κ3) is 4.24. The second-order valence-corrected chi connectivity index (χ2v) is 13.7. The molecule has 53 heavy (non-hydrogen) atoms. The maximum Gasteiger partial charge on any atom is 0.153 e. The van der Waals surface area contributed by atoms with Crippen LogP contribution < -0.4 is 19.3 Å². The lowest BCUT2D eigenvalue weighted by Crippen LogP contribution is -2.32. The standard InChI is InChI=1S/C49H32N2O2/c1-3-16-33(17-4-1)50(35-30-31-42-47(32-35)53-46-29-14-11-25-41(46)51(42)34-18-5-2-6-19-34)43-26-15-24-40-48(43)36-20-7-8-21-37(36)49(40)38-22-9-12-27-44(38)52-45-28-13-10-23-39(45)49/h1-32H. The molecule has 0 N–H and O–H groups in total. The fraction of sp³-hybridized carbons (Fsp3) is 0.0204. The first-order chi connectivity index (χ1) is 26.3. The Morgan fingerprint density at radius 1 is 0.396 bits per heavy atom. The van der Waals surface area contributed by atoms with Gasteiger partial charge in [-0.3, -0.25) is 0 Å². The molecule has 0 radical (unpaired) electrons. The van der Waals surface area contributed by atoms with E-state index in [-0.39, 0.29) is 0 Å².